The van der Waals surface area contributed by atoms with E-state index in [1.54, 1.807) is 0 Å². The van der Waals surface area contributed by atoms with Gasteiger partial charge in [0.25, 0.3) is 11.8 Å². The maximum absolute atomic E-state index is 13.1. The van der Waals surface area contributed by atoms with Gasteiger partial charge >= 0.3 is 0 Å². The Labute approximate surface area is 153 Å². The lowest BCUT2D eigenvalue weighted by atomic mass is 10.1. The van der Waals surface area contributed by atoms with Crippen LogP contribution < -0.4 is 0 Å². The Bertz CT molecular complexity index is 646. The third-order valence-electron chi connectivity index (χ3n) is 4.97. The lowest BCUT2D eigenvalue weighted by Gasteiger charge is -2.34. The van der Waals surface area contributed by atoms with E-state index < -0.39 is 0 Å². The Morgan fingerprint density at radius 2 is 1.80 bits per heavy atom. The standard InChI is InChI=1S/C19H27N3O2S/c1-3-4-5-6-9-22-18(23)16(15-8-7-14-25-15)17(19(22)24)21-12-10-20(2)11-13-21/h7-8,14H,3-6,9-13H2,1-2H3. The molecule has 0 radical (unpaired) electrons. The number of hydrogen-bond donors (Lipinski definition) is 0. The van der Waals surface area contributed by atoms with Gasteiger partial charge in [-0.1, -0.05) is 32.3 Å². The molecule has 0 N–H and O–H groups in total. The first-order valence-corrected chi connectivity index (χ1v) is 10.1. The van der Waals surface area contributed by atoms with E-state index in [0.29, 0.717) is 17.8 Å². The summed E-state index contributed by atoms with van der Waals surface area (Å²) in [5.74, 6) is -0.215. The van der Waals surface area contributed by atoms with Gasteiger partial charge in [0, 0.05) is 37.6 Å². The molecule has 3 heterocycles. The molecule has 6 heteroatoms. The van der Waals surface area contributed by atoms with Crippen LogP contribution >= 0.6 is 11.3 Å². The molecule has 3 rings (SSSR count). The summed E-state index contributed by atoms with van der Waals surface area (Å²) in [7, 11) is 2.09. The minimum Gasteiger partial charge on any atom is -0.364 e. The lowest BCUT2D eigenvalue weighted by Crippen LogP contribution is -2.46. The molecule has 0 saturated carbocycles. The maximum Gasteiger partial charge on any atom is 0.277 e. The summed E-state index contributed by atoms with van der Waals surface area (Å²) < 4.78 is 0. The Balaban J connectivity index is 1.84. The van der Waals surface area contributed by atoms with Crippen LogP contribution in [0.25, 0.3) is 5.57 Å². The van der Waals surface area contributed by atoms with E-state index in [4.69, 9.17) is 0 Å². The normalized spacial score (nSPS) is 19.4. The molecule has 136 valence electrons. The first kappa shape index (κ1) is 18.1. The van der Waals surface area contributed by atoms with Gasteiger partial charge in [-0.05, 0) is 24.9 Å². The zero-order chi connectivity index (χ0) is 17.8. The van der Waals surface area contributed by atoms with Gasteiger partial charge in [0.1, 0.15) is 5.70 Å². The largest absolute Gasteiger partial charge is 0.364 e. The number of carbonyl (C=O) groups is 2. The molecule has 2 amide bonds. The number of rotatable bonds is 7. The Kier molecular flexibility index (Phi) is 5.91. The first-order chi connectivity index (χ1) is 12.1. The third-order valence-corrected chi connectivity index (χ3v) is 5.85. The molecule has 0 aliphatic carbocycles. The van der Waals surface area contributed by atoms with Crippen LogP contribution in [0, 0.1) is 0 Å². The van der Waals surface area contributed by atoms with E-state index in [1.165, 1.54) is 16.2 Å². The van der Waals surface area contributed by atoms with E-state index in [9.17, 15) is 9.59 Å². The van der Waals surface area contributed by atoms with E-state index >= 15 is 0 Å². The summed E-state index contributed by atoms with van der Waals surface area (Å²) in [6.45, 7) is 6.11. The highest BCUT2D eigenvalue weighted by molar-refractivity contribution is 7.11. The van der Waals surface area contributed by atoms with E-state index in [1.807, 2.05) is 17.5 Å². The number of likely N-dealkylation sites (N-methyl/N-ethyl adjacent to an activating group) is 1. The van der Waals surface area contributed by atoms with E-state index in [-0.39, 0.29) is 11.8 Å². The van der Waals surface area contributed by atoms with Crippen molar-refractivity contribution < 1.29 is 9.59 Å². The molecule has 0 bridgehead atoms. The van der Waals surface area contributed by atoms with Crippen molar-refractivity contribution in [1.29, 1.82) is 0 Å². The van der Waals surface area contributed by atoms with Crippen molar-refractivity contribution in [3.8, 4) is 0 Å². The van der Waals surface area contributed by atoms with E-state index in [0.717, 1.165) is 56.7 Å². The number of imide groups is 1. The van der Waals surface area contributed by atoms with E-state index in [2.05, 4.69) is 23.8 Å². The quantitative estimate of drug-likeness (QED) is 0.553. The summed E-state index contributed by atoms with van der Waals surface area (Å²) in [4.78, 5) is 32.8. The van der Waals surface area contributed by atoms with Gasteiger partial charge in [-0.3, -0.25) is 14.5 Å². The molecule has 1 saturated heterocycles. The fraction of sp³-hybridized carbons (Fsp3) is 0.579. The number of carbonyl (C=O) groups excluding carboxylic acids is 2. The number of amides is 2. The minimum atomic E-state index is -0.113. The summed E-state index contributed by atoms with van der Waals surface area (Å²) in [5.41, 5.74) is 1.23. The van der Waals surface area contributed by atoms with Gasteiger partial charge < -0.3 is 9.80 Å². The van der Waals surface area contributed by atoms with Gasteiger partial charge in [0.05, 0.1) is 5.57 Å². The zero-order valence-corrected chi connectivity index (χ0v) is 16.0. The van der Waals surface area contributed by atoms with Gasteiger partial charge in [-0.2, -0.15) is 0 Å². The molecule has 2 aliphatic rings. The Hall–Kier alpha value is -1.66. The van der Waals surface area contributed by atoms with Crippen molar-refractivity contribution in [3.05, 3.63) is 28.1 Å². The van der Waals surface area contributed by atoms with Gasteiger partial charge in [0.15, 0.2) is 0 Å². The second-order valence-electron chi connectivity index (χ2n) is 6.81. The van der Waals surface area contributed by atoms with Crippen molar-refractivity contribution in [2.24, 2.45) is 0 Å². The zero-order valence-electron chi connectivity index (χ0n) is 15.2. The number of nitrogens with zero attached hydrogens (tertiary/aromatic N) is 3. The fourth-order valence-corrected chi connectivity index (χ4v) is 4.19. The predicted molar refractivity (Wildman–Crippen MR) is 101 cm³/mol. The highest BCUT2D eigenvalue weighted by atomic mass is 32.1. The second-order valence-corrected chi connectivity index (χ2v) is 7.76. The van der Waals surface area contributed by atoms with Crippen LogP contribution in [0.4, 0.5) is 0 Å². The number of hydrogen-bond acceptors (Lipinski definition) is 5. The van der Waals surface area contributed by atoms with Crippen molar-refractivity contribution in [2.45, 2.75) is 32.6 Å². The highest BCUT2D eigenvalue weighted by Crippen LogP contribution is 2.34. The van der Waals surface area contributed by atoms with Gasteiger partial charge in [-0.15, -0.1) is 11.3 Å². The summed E-state index contributed by atoms with van der Waals surface area (Å²) in [5, 5.41) is 1.96. The van der Waals surface area contributed by atoms with Crippen molar-refractivity contribution in [3.63, 3.8) is 0 Å². The summed E-state index contributed by atoms with van der Waals surface area (Å²) >= 11 is 1.53. The lowest BCUT2D eigenvalue weighted by molar-refractivity contribution is -0.137. The van der Waals surface area contributed by atoms with Gasteiger partial charge in [0.2, 0.25) is 0 Å². The Morgan fingerprint density at radius 1 is 1.04 bits per heavy atom. The summed E-state index contributed by atoms with van der Waals surface area (Å²) in [6, 6.07) is 3.89. The number of piperazine rings is 1. The molecule has 1 aromatic rings. The van der Waals surface area contributed by atoms with Crippen molar-refractivity contribution in [1.82, 2.24) is 14.7 Å². The van der Waals surface area contributed by atoms with Crippen LogP contribution in [0.15, 0.2) is 23.2 Å². The molecule has 25 heavy (non-hydrogen) atoms. The molecule has 2 aliphatic heterocycles. The monoisotopic (exact) mass is 361 g/mol. The number of unbranched alkanes of at least 4 members (excludes halogenated alkanes) is 3. The molecule has 0 atom stereocenters. The van der Waals surface area contributed by atoms with Crippen LogP contribution in [0.3, 0.4) is 0 Å². The van der Waals surface area contributed by atoms with Gasteiger partial charge in [-0.25, -0.2) is 0 Å². The predicted octanol–water partition coefficient (Wildman–Crippen LogP) is 2.66. The van der Waals surface area contributed by atoms with Crippen molar-refractivity contribution >= 4 is 28.7 Å². The van der Waals surface area contributed by atoms with Crippen LogP contribution in [0.2, 0.25) is 0 Å². The molecular weight excluding hydrogens is 334 g/mol. The minimum absolute atomic E-state index is 0.102. The van der Waals surface area contributed by atoms with Crippen LogP contribution in [0.1, 0.15) is 37.5 Å². The number of thiophene rings is 1. The molecule has 1 fully saturated rings. The smallest absolute Gasteiger partial charge is 0.277 e. The highest BCUT2D eigenvalue weighted by Gasteiger charge is 2.41. The van der Waals surface area contributed by atoms with Crippen molar-refractivity contribution in [2.75, 3.05) is 39.8 Å². The molecule has 0 unspecified atom stereocenters. The average Bonchev–Trinajstić information content (AvgIpc) is 3.21. The molecular formula is C19H27N3O2S. The third kappa shape index (κ3) is 3.80. The van der Waals surface area contributed by atoms with Crippen LogP contribution in [0.5, 0.6) is 0 Å². The topological polar surface area (TPSA) is 43.9 Å². The molecule has 0 spiro atoms. The first-order valence-electron chi connectivity index (χ1n) is 9.21. The summed E-state index contributed by atoms with van der Waals surface area (Å²) in [6.07, 6.45) is 4.24. The van der Waals surface area contributed by atoms with Crippen LogP contribution in [-0.2, 0) is 9.59 Å². The average molecular weight is 362 g/mol. The molecule has 1 aromatic heterocycles. The van der Waals surface area contributed by atoms with Crippen LogP contribution in [-0.4, -0.2) is 66.3 Å². The second kappa shape index (κ2) is 8.15. The maximum atomic E-state index is 13.1. The molecule has 5 nitrogen and oxygen atoms in total. The Morgan fingerprint density at radius 3 is 2.44 bits per heavy atom. The SMILES string of the molecule is CCCCCCN1C(=O)C(c2cccs2)=C(N2CCN(C)CC2)C1=O. The molecule has 0 aromatic carbocycles. The fourth-order valence-electron chi connectivity index (χ4n) is 3.43.